The van der Waals surface area contributed by atoms with E-state index in [0.29, 0.717) is 12.2 Å². The van der Waals surface area contributed by atoms with Gasteiger partial charge in [0.05, 0.1) is 29.2 Å². The van der Waals surface area contributed by atoms with E-state index in [2.05, 4.69) is 9.88 Å². The lowest BCUT2D eigenvalue weighted by molar-refractivity contribution is -0.161. The largest absolute Gasteiger partial charge is 0.397 e. The summed E-state index contributed by atoms with van der Waals surface area (Å²) in [5.74, 6) is -0.565. The molecule has 1 spiro atoms. The molecular formula is C22H27FN4O2. The molecule has 1 amide bonds. The smallest absolute Gasteiger partial charge is 0.256 e. The fraction of sp³-hybridized carbons (Fsp3) is 0.455. The Labute approximate surface area is 170 Å². The molecule has 4 rings (SSSR count). The zero-order valence-electron chi connectivity index (χ0n) is 16.7. The molecule has 0 saturated carbocycles. The standard InChI is InChI=1S/C22H27FN4O2/c1-16-21(28)27(20-7-3-2-5-17(20)23)15-22(29-16)9-13-26(14-10-22)12-8-19-18(24)6-4-11-25-19/h2-7,11,16H,8-10,12-15,24H2,1H3. The molecule has 1 atom stereocenters. The Balaban J connectivity index is 1.41. The van der Waals surface area contributed by atoms with Crippen molar-refractivity contribution in [3.8, 4) is 0 Å². The molecule has 2 aliphatic heterocycles. The molecule has 2 saturated heterocycles. The summed E-state index contributed by atoms with van der Waals surface area (Å²) in [7, 11) is 0. The van der Waals surface area contributed by atoms with Crippen molar-refractivity contribution in [1.82, 2.24) is 9.88 Å². The van der Waals surface area contributed by atoms with Gasteiger partial charge in [0.1, 0.15) is 11.9 Å². The Morgan fingerprint density at radius 1 is 1.24 bits per heavy atom. The summed E-state index contributed by atoms with van der Waals surface area (Å²) in [5, 5.41) is 0. The number of pyridine rings is 1. The number of carbonyl (C=O) groups excluding carboxylic acids is 1. The summed E-state index contributed by atoms with van der Waals surface area (Å²) in [5.41, 5.74) is 7.54. The number of nitrogens with two attached hydrogens (primary N) is 1. The van der Waals surface area contributed by atoms with E-state index in [4.69, 9.17) is 10.5 Å². The average molecular weight is 398 g/mol. The molecule has 29 heavy (non-hydrogen) atoms. The topological polar surface area (TPSA) is 71.7 Å². The summed E-state index contributed by atoms with van der Waals surface area (Å²) in [6.45, 7) is 4.74. The molecule has 1 unspecified atom stereocenters. The SMILES string of the molecule is CC1OC2(CCN(CCc3ncccc3N)CC2)CN(c2ccccc2F)C1=O. The van der Waals surface area contributed by atoms with E-state index >= 15 is 0 Å². The third kappa shape index (κ3) is 4.11. The van der Waals surface area contributed by atoms with Gasteiger partial charge in [0.15, 0.2) is 0 Å². The zero-order valence-corrected chi connectivity index (χ0v) is 16.7. The second kappa shape index (κ2) is 8.08. The molecule has 2 aliphatic rings. The number of halogens is 1. The molecule has 2 aromatic rings. The van der Waals surface area contributed by atoms with E-state index in [-0.39, 0.29) is 11.7 Å². The first-order valence-electron chi connectivity index (χ1n) is 10.1. The van der Waals surface area contributed by atoms with Gasteiger partial charge < -0.3 is 20.3 Å². The Morgan fingerprint density at radius 2 is 2.00 bits per heavy atom. The second-order valence-electron chi connectivity index (χ2n) is 7.95. The number of anilines is 2. The van der Waals surface area contributed by atoms with Crippen molar-refractivity contribution < 1.29 is 13.9 Å². The highest BCUT2D eigenvalue weighted by molar-refractivity contribution is 5.97. The number of piperidine rings is 1. The minimum absolute atomic E-state index is 0.186. The van der Waals surface area contributed by atoms with Crippen LogP contribution in [-0.4, -0.2) is 53.7 Å². The van der Waals surface area contributed by atoms with Crippen molar-refractivity contribution in [2.75, 3.05) is 36.8 Å². The lowest BCUT2D eigenvalue weighted by Crippen LogP contribution is -2.61. The van der Waals surface area contributed by atoms with Crippen molar-refractivity contribution in [2.24, 2.45) is 0 Å². The molecule has 1 aromatic carbocycles. The molecule has 7 heteroatoms. The number of morpholine rings is 1. The lowest BCUT2D eigenvalue weighted by atomic mass is 9.88. The number of aromatic nitrogens is 1. The number of hydrogen-bond donors (Lipinski definition) is 1. The van der Waals surface area contributed by atoms with Crippen LogP contribution >= 0.6 is 0 Å². The lowest BCUT2D eigenvalue weighted by Gasteiger charge is -2.49. The Hall–Kier alpha value is -2.51. The van der Waals surface area contributed by atoms with Gasteiger partial charge in [-0.1, -0.05) is 12.1 Å². The number of likely N-dealkylation sites (tertiary alicyclic amines) is 1. The van der Waals surface area contributed by atoms with Crippen LogP contribution < -0.4 is 10.6 Å². The summed E-state index contributed by atoms with van der Waals surface area (Å²) in [6, 6.07) is 10.2. The van der Waals surface area contributed by atoms with Gasteiger partial charge in [0, 0.05) is 32.3 Å². The van der Waals surface area contributed by atoms with Gasteiger partial charge in [-0.3, -0.25) is 9.78 Å². The van der Waals surface area contributed by atoms with E-state index in [1.807, 2.05) is 12.1 Å². The molecule has 6 nitrogen and oxygen atoms in total. The van der Waals surface area contributed by atoms with Crippen LogP contribution in [0.3, 0.4) is 0 Å². The molecule has 2 N–H and O–H groups in total. The molecule has 3 heterocycles. The first-order valence-corrected chi connectivity index (χ1v) is 10.1. The van der Waals surface area contributed by atoms with Crippen molar-refractivity contribution in [2.45, 2.75) is 37.9 Å². The Kier molecular flexibility index (Phi) is 5.52. The van der Waals surface area contributed by atoms with Crippen LogP contribution in [-0.2, 0) is 16.0 Å². The summed E-state index contributed by atoms with van der Waals surface area (Å²) >= 11 is 0. The van der Waals surface area contributed by atoms with Gasteiger partial charge in [0.2, 0.25) is 0 Å². The number of rotatable bonds is 4. The van der Waals surface area contributed by atoms with Crippen LogP contribution in [0.2, 0.25) is 0 Å². The first-order chi connectivity index (χ1) is 14.0. The molecule has 1 aromatic heterocycles. The highest BCUT2D eigenvalue weighted by Gasteiger charge is 2.46. The van der Waals surface area contributed by atoms with E-state index in [1.165, 1.54) is 6.07 Å². The van der Waals surface area contributed by atoms with E-state index in [1.54, 1.807) is 36.2 Å². The minimum atomic E-state index is -0.580. The van der Waals surface area contributed by atoms with Gasteiger partial charge in [-0.05, 0) is 44.0 Å². The number of para-hydroxylation sites is 1. The average Bonchev–Trinajstić information content (AvgIpc) is 2.72. The number of amides is 1. The molecular weight excluding hydrogens is 371 g/mol. The van der Waals surface area contributed by atoms with Gasteiger partial charge in [0.25, 0.3) is 5.91 Å². The highest BCUT2D eigenvalue weighted by Crippen LogP contribution is 2.35. The maximum atomic E-state index is 14.3. The molecule has 0 bridgehead atoms. The third-order valence-electron chi connectivity index (χ3n) is 5.99. The third-order valence-corrected chi connectivity index (χ3v) is 5.99. The number of ether oxygens (including phenoxy) is 1. The fourth-order valence-corrected chi connectivity index (χ4v) is 4.31. The van der Waals surface area contributed by atoms with E-state index in [9.17, 15) is 9.18 Å². The fourth-order valence-electron chi connectivity index (χ4n) is 4.31. The Bertz CT molecular complexity index is 883. The van der Waals surface area contributed by atoms with Gasteiger partial charge >= 0.3 is 0 Å². The second-order valence-corrected chi connectivity index (χ2v) is 7.95. The zero-order chi connectivity index (χ0) is 20.4. The summed E-state index contributed by atoms with van der Waals surface area (Å²) in [4.78, 5) is 21.0. The minimum Gasteiger partial charge on any atom is -0.397 e. The van der Waals surface area contributed by atoms with Crippen LogP contribution in [0.5, 0.6) is 0 Å². The van der Waals surface area contributed by atoms with Gasteiger partial charge in [-0.2, -0.15) is 0 Å². The van der Waals surface area contributed by atoms with Gasteiger partial charge in [-0.25, -0.2) is 4.39 Å². The maximum Gasteiger partial charge on any atom is 0.256 e. The predicted molar refractivity (Wildman–Crippen MR) is 110 cm³/mol. The van der Waals surface area contributed by atoms with Crippen LogP contribution in [0, 0.1) is 5.82 Å². The Morgan fingerprint density at radius 3 is 2.72 bits per heavy atom. The highest BCUT2D eigenvalue weighted by atomic mass is 19.1. The quantitative estimate of drug-likeness (QED) is 0.857. The molecule has 0 radical (unpaired) electrons. The van der Waals surface area contributed by atoms with Crippen molar-refractivity contribution >= 4 is 17.3 Å². The summed E-state index contributed by atoms with van der Waals surface area (Å²) < 4.78 is 20.5. The maximum absolute atomic E-state index is 14.3. The van der Waals surface area contributed by atoms with Crippen molar-refractivity contribution in [3.63, 3.8) is 0 Å². The number of nitrogen functional groups attached to an aromatic ring is 1. The molecule has 154 valence electrons. The molecule has 0 aliphatic carbocycles. The van der Waals surface area contributed by atoms with E-state index in [0.717, 1.165) is 50.3 Å². The number of hydrogen-bond acceptors (Lipinski definition) is 5. The number of nitrogens with zero attached hydrogens (tertiary/aromatic N) is 3. The van der Waals surface area contributed by atoms with Crippen LogP contribution in [0.15, 0.2) is 42.6 Å². The predicted octanol–water partition coefficient (Wildman–Crippen LogP) is 2.63. The van der Waals surface area contributed by atoms with Crippen LogP contribution in [0.4, 0.5) is 15.8 Å². The first kappa shape index (κ1) is 19.8. The number of benzene rings is 1. The van der Waals surface area contributed by atoms with E-state index < -0.39 is 11.7 Å². The molecule has 2 fully saturated rings. The van der Waals surface area contributed by atoms with Crippen molar-refractivity contribution in [1.29, 1.82) is 0 Å². The van der Waals surface area contributed by atoms with Gasteiger partial charge in [-0.15, -0.1) is 0 Å². The van der Waals surface area contributed by atoms with Crippen LogP contribution in [0.25, 0.3) is 0 Å². The monoisotopic (exact) mass is 398 g/mol. The number of carbonyl (C=O) groups is 1. The van der Waals surface area contributed by atoms with Crippen molar-refractivity contribution in [3.05, 3.63) is 54.1 Å². The van der Waals surface area contributed by atoms with Crippen LogP contribution in [0.1, 0.15) is 25.5 Å². The normalized spacial score (nSPS) is 22.2. The summed E-state index contributed by atoms with van der Waals surface area (Å²) in [6.07, 6.45) is 3.59.